The number of ketones is 1. The van der Waals surface area contributed by atoms with Gasteiger partial charge in [0.05, 0.1) is 6.10 Å². The topological polar surface area (TPSA) is 38.8 Å². The van der Waals surface area contributed by atoms with Gasteiger partial charge in [-0.3, -0.25) is 9.69 Å². The van der Waals surface area contributed by atoms with Crippen molar-refractivity contribution in [3.63, 3.8) is 0 Å². The molecule has 2 fully saturated rings. The van der Waals surface area contributed by atoms with Crippen LogP contribution >= 0.6 is 11.3 Å². The van der Waals surface area contributed by atoms with Crippen LogP contribution in [-0.4, -0.2) is 50.1 Å². The van der Waals surface area contributed by atoms with Crippen LogP contribution in [0, 0.1) is 11.8 Å². The van der Waals surface area contributed by atoms with Crippen LogP contribution < -0.4 is 4.74 Å². The van der Waals surface area contributed by atoms with Crippen LogP contribution in [-0.2, 0) is 4.74 Å². The Morgan fingerprint density at radius 2 is 1.83 bits per heavy atom. The standard InChI is InChI=1S/C31H39NO3S/c1-21-10-15-27(34-3)26(19-21)31-29(25-8-4-5-9-28(25)36-31)30(33)23-11-13-24(14-12-23)35-18-17-32-16-6-7-22(2)20-32/h4-5,8-9,11-14,21-22,26-27H,6-7,10,15-20H2,1-3H3. The molecule has 1 aliphatic carbocycles. The maximum Gasteiger partial charge on any atom is 0.194 e. The third-order valence-corrected chi connectivity index (χ3v) is 9.37. The van der Waals surface area contributed by atoms with Gasteiger partial charge >= 0.3 is 0 Å². The van der Waals surface area contributed by atoms with Crippen LogP contribution in [0.1, 0.15) is 72.7 Å². The molecule has 1 saturated heterocycles. The molecule has 192 valence electrons. The Morgan fingerprint density at radius 1 is 1.03 bits per heavy atom. The second-order valence-corrected chi connectivity index (χ2v) is 12.0. The second-order valence-electron chi connectivity index (χ2n) is 10.9. The van der Waals surface area contributed by atoms with Crippen LogP contribution in [0.25, 0.3) is 10.1 Å². The van der Waals surface area contributed by atoms with Crippen LogP contribution in [0.2, 0.25) is 0 Å². The molecular formula is C31H39NO3S. The van der Waals surface area contributed by atoms with Crippen molar-refractivity contribution in [2.75, 3.05) is 33.4 Å². The van der Waals surface area contributed by atoms with E-state index in [0.29, 0.717) is 12.5 Å². The third kappa shape index (κ3) is 5.53. The number of piperidine rings is 1. The number of thiophene rings is 1. The Morgan fingerprint density at radius 3 is 2.61 bits per heavy atom. The lowest BCUT2D eigenvalue weighted by Crippen LogP contribution is -2.37. The van der Waals surface area contributed by atoms with Gasteiger partial charge in [0.15, 0.2) is 5.78 Å². The second kappa shape index (κ2) is 11.5. The number of hydrogen-bond acceptors (Lipinski definition) is 5. The zero-order valence-corrected chi connectivity index (χ0v) is 22.7. The van der Waals surface area contributed by atoms with E-state index < -0.39 is 0 Å². The van der Waals surface area contributed by atoms with Crippen molar-refractivity contribution in [1.29, 1.82) is 0 Å². The van der Waals surface area contributed by atoms with E-state index in [-0.39, 0.29) is 17.8 Å². The van der Waals surface area contributed by atoms with Gasteiger partial charge in [-0.15, -0.1) is 11.3 Å². The molecule has 2 aliphatic rings. The molecule has 2 aromatic carbocycles. The molecule has 0 N–H and O–H groups in total. The molecule has 1 saturated carbocycles. The summed E-state index contributed by atoms with van der Waals surface area (Å²) in [6, 6.07) is 16.1. The van der Waals surface area contributed by atoms with Crippen molar-refractivity contribution in [2.24, 2.45) is 11.8 Å². The SMILES string of the molecule is COC1CCC(C)CC1c1sc2ccccc2c1C(=O)c1ccc(OCCN2CCCC(C)C2)cc1. The first kappa shape index (κ1) is 25.4. The molecule has 4 nitrogen and oxygen atoms in total. The number of methoxy groups -OCH3 is 1. The minimum atomic E-state index is 0.101. The number of fused-ring (bicyclic) bond motifs is 1. The highest BCUT2D eigenvalue weighted by Gasteiger charge is 2.35. The number of carbonyl (C=O) groups excluding carboxylic acids is 1. The van der Waals surface area contributed by atoms with Gasteiger partial charge in [0.1, 0.15) is 12.4 Å². The fourth-order valence-electron chi connectivity index (χ4n) is 6.10. The Kier molecular flexibility index (Phi) is 8.09. The first-order chi connectivity index (χ1) is 17.5. The summed E-state index contributed by atoms with van der Waals surface area (Å²) >= 11 is 1.77. The Labute approximate surface area is 219 Å². The lowest BCUT2D eigenvalue weighted by molar-refractivity contribution is 0.0408. The zero-order chi connectivity index (χ0) is 25.1. The lowest BCUT2D eigenvalue weighted by Gasteiger charge is -2.34. The van der Waals surface area contributed by atoms with Crippen LogP contribution in [0.3, 0.4) is 0 Å². The number of likely N-dealkylation sites (tertiary alicyclic amines) is 1. The number of benzene rings is 2. The molecule has 0 spiro atoms. The van der Waals surface area contributed by atoms with Crippen molar-refractivity contribution >= 4 is 27.2 Å². The summed E-state index contributed by atoms with van der Waals surface area (Å²) in [7, 11) is 1.81. The first-order valence-electron chi connectivity index (χ1n) is 13.6. The average molecular weight is 506 g/mol. The summed E-state index contributed by atoms with van der Waals surface area (Å²) in [6.45, 7) is 8.61. The van der Waals surface area contributed by atoms with Crippen molar-refractivity contribution in [2.45, 2.75) is 58.0 Å². The summed E-state index contributed by atoms with van der Waals surface area (Å²) in [6.07, 6.45) is 6.07. The van der Waals surface area contributed by atoms with Crippen LogP contribution in [0.4, 0.5) is 0 Å². The fraction of sp³-hybridized carbons (Fsp3) is 0.516. The van der Waals surface area contributed by atoms with Gasteiger partial charge in [0.25, 0.3) is 0 Å². The quantitative estimate of drug-likeness (QED) is 0.304. The van der Waals surface area contributed by atoms with Gasteiger partial charge in [0.2, 0.25) is 0 Å². The maximum atomic E-state index is 13.9. The van der Waals surface area contributed by atoms with E-state index in [0.717, 1.165) is 54.1 Å². The Hall–Kier alpha value is -2.21. The predicted octanol–water partition coefficient (Wildman–Crippen LogP) is 7.16. The maximum absolute atomic E-state index is 13.9. The van der Waals surface area contributed by atoms with E-state index in [4.69, 9.17) is 9.47 Å². The molecule has 5 heteroatoms. The molecule has 4 atom stereocenters. The molecule has 36 heavy (non-hydrogen) atoms. The highest BCUT2D eigenvalue weighted by atomic mass is 32.1. The van der Waals surface area contributed by atoms with E-state index >= 15 is 0 Å². The molecule has 1 aromatic heterocycles. The average Bonchev–Trinajstić information content (AvgIpc) is 3.28. The Bertz CT molecular complexity index is 1170. The summed E-state index contributed by atoms with van der Waals surface area (Å²) in [5.74, 6) is 2.60. The number of ether oxygens (including phenoxy) is 2. The van der Waals surface area contributed by atoms with E-state index in [2.05, 4.69) is 36.9 Å². The van der Waals surface area contributed by atoms with E-state index in [1.165, 1.54) is 35.4 Å². The summed E-state index contributed by atoms with van der Waals surface area (Å²) in [5.41, 5.74) is 1.58. The monoisotopic (exact) mass is 505 g/mol. The molecule has 0 bridgehead atoms. The number of rotatable bonds is 8. The summed E-state index contributed by atoms with van der Waals surface area (Å²) in [4.78, 5) is 17.6. The van der Waals surface area contributed by atoms with Crippen LogP contribution in [0.5, 0.6) is 5.75 Å². The van der Waals surface area contributed by atoms with Crippen molar-refractivity contribution in [3.8, 4) is 5.75 Å². The molecule has 3 aromatic rings. The minimum absolute atomic E-state index is 0.101. The van der Waals surface area contributed by atoms with Gasteiger partial charge in [0, 0.05) is 52.2 Å². The minimum Gasteiger partial charge on any atom is -0.492 e. The van der Waals surface area contributed by atoms with Crippen molar-refractivity contribution < 1.29 is 14.3 Å². The first-order valence-corrected chi connectivity index (χ1v) is 14.4. The number of carbonyl (C=O) groups is 1. The molecule has 4 unspecified atom stereocenters. The van der Waals surface area contributed by atoms with Gasteiger partial charge in [-0.1, -0.05) is 32.0 Å². The molecule has 1 aliphatic heterocycles. The van der Waals surface area contributed by atoms with Crippen LogP contribution in [0.15, 0.2) is 48.5 Å². The normalized spacial score (nSPS) is 25.2. The highest BCUT2D eigenvalue weighted by molar-refractivity contribution is 7.19. The number of hydrogen-bond donors (Lipinski definition) is 0. The van der Waals surface area contributed by atoms with Crippen molar-refractivity contribution in [1.82, 2.24) is 4.90 Å². The zero-order valence-electron chi connectivity index (χ0n) is 21.9. The third-order valence-electron chi connectivity index (χ3n) is 8.07. The van der Waals surface area contributed by atoms with Gasteiger partial charge in [-0.25, -0.2) is 0 Å². The fourth-order valence-corrected chi connectivity index (χ4v) is 7.47. The smallest absolute Gasteiger partial charge is 0.194 e. The summed E-state index contributed by atoms with van der Waals surface area (Å²) in [5, 5.41) is 1.06. The van der Waals surface area contributed by atoms with Gasteiger partial charge < -0.3 is 9.47 Å². The van der Waals surface area contributed by atoms with E-state index in [9.17, 15) is 4.79 Å². The van der Waals surface area contributed by atoms with Gasteiger partial charge in [-0.2, -0.15) is 0 Å². The van der Waals surface area contributed by atoms with E-state index in [1.807, 2.05) is 37.4 Å². The van der Waals surface area contributed by atoms with Crippen molar-refractivity contribution in [3.05, 3.63) is 64.5 Å². The lowest BCUT2D eigenvalue weighted by atomic mass is 9.78. The molecule has 5 rings (SSSR count). The molecular weight excluding hydrogens is 466 g/mol. The largest absolute Gasteiger partial charge is 0.492 e. The summed E-state index contributed by atoms with van der Waals surface area (Å²) < 4.78 is 13.1. The van der Waals surface area contributed by atoms with Gasteiger partial charge in [-0.05, 0) is 80.8 Å². The molecule has 0 radical (unpaired) electrons. The molecule has 0 amide bonds. The van der Waals surface area contributed by atoms with E-state index in [1.54, 1.807) is 11.3 Å². The Balaban J connectivity index is 1.34. The molecule has 2 heterocycles. The highest BCUT2D eigenvalue weighted by Crippen LogP contribution is 2.45. The number of nitrogens with zero attached hydrogens (tertiary/aromatic N) is 1. The predicted molar refractivity (Wildman–Crippen MR) is 149 cm³/mol.